The fraction of sp³-hybridized carbons (Fsp3) is 0.588. The lowest BCUT2D eigenvalue weighted by atomic mass is 10.2. The molecule has 0 heterocycles. The highest BCUT2D eigenvalue weighted by atomic mass is 32.2. The molecule has 0 amide bonds. The average molecular weight is 340 g/mol. The number of nitrogens with zero attached hydrogens (tertiary/aromatic N) is 1. The molecule has 0 bridgehead atoms. The van der Waals surface area contributed by atoms with Crippen LogP contribution in [-0.2, 0) is 6.54 Å². The van der Waals surface area contributed by atoms with Crippen molar-refractivity contribution in [3.63, 3.8) is 0 Å². The number of ether oxygens (including phenoxy) is 2. The van der Waals surface area contributed by atoms with Crippen molar-refractivity contribution in [3.05, 3.63) is 23.8 Å². The van der Waals surface area contributed by atoms with Crippen molar-refractivity contribution < 1.29 is 9.47 Å². The van der Waals surface area contributed by atoms with Crippen molar-refractivity contribution in [1.82, 2.24) is 10.6 Å². The Balaban J connectivity index is 2.47. The minimum Gasteiger partial charge on any atom is -0.493 e. The third kappa shape index (κ3) is 7.50. The molecule has 0 spiro atoms. The van der Waals surface area contributed by atoms with Gasteiger partial charge >= 0.3 is 0 Å². The molecule has 6 heteroatoms. The maximum absolute atomic E-state index is 5.60. The Kier molecular flexibility index (Phi) is 10.1. The van der Waals surface area contributed by atoms with Gasteiger partial charge in [0.25, 0.3) is 0 Å². The summed E-state index contributed by atoms with van der Waals surface area (Å²) in [4.78, 5) is 4.25. The summed E-state index contributed by atoms with van der Waals surface area (Å²) in [6.07, 6.45) is 4.51. The average Bonchev–Trinajstić information content (AvgIpc) is 2.58. The van der Waals surface area contributed by atoms with Gasteiger partial charge in [-0.15, -0.1) is 0 Å². The Morgan fingerprint density at radius 3 is 2.70 bits per heavy atom. The number of hydrogen-bond donors (Lipinski definition) is 2. The molecule has 0 fully saturated rings. The van der Waals surface area contributed by atoms with Crippen molar-refractivity contribution in [2.24, 2.45) is 4.99 Å². The SMILES string of the molecule is CCOc1cc(CNC(=NC)NCCCCSC)ccc1OC. The van der Waals surface area contributed by atoms with Gasteiger partial charge in [0.1, 0.15) is 0 Å². The van der Waals surface area contributed by atoms with Gasteiger partial charge in [0, 0.05) is 20.1 Å². The van der Waals surface area contributed by atoms with Crippen molar-refractivity contribution in [2.45, 2.75) is 26.3 Å². The number of aliphatic imine (C=N–C) groups is 1. The Morgan fingerprint density at radius 1 is 1.22 bits per heavy atom. The summed E-state index contributed by atoms with van der Waals surface area (Å²) >= 11 is 1.89. The second kappa shape index (κ2) is 11.9. The first-order chi connectivity index (χ1) is 11.2. The standard InChI is InChI=1S/C17H29N3O2S/c1-5-22-16-12-14(8-9-15(16)21-3)13-20-17(18-2)19-10-6-7-11-23-4/h8-9,12H,5-7,10-11,13H2,1-4H3,(H2,18,19,20). The van der Waals surface area contributed by atoms with E-state index in [9.17, 15) is 0 Å². The van der Waals surface area contributed by atoms with Crippen LogP contribution < -0.4 is 20.1 Å². The molecule has 0 aliphatic rings. The summed E-state index contributed by atoms with van der Waals surface area (Å²) in [5.41, 5.74) is 1.12. The van der Waals surface area contributed by atoms with E-state index in [4.69, 9.17) is 9.47 Å². The molecule has 1 rings (SSSR count). The van der Waals surface area contributed by atoms with Gasteiger partial charge in [-0.3, -0.25) is 4.99 Å². The highest BCUT2D eigenvalue weighted by Crippen LogP contribution is 2.27. The molecule has 2 N–H and O–H groups in total. The molecule has 1 aromatic rings. The Hall–Kier alpha value is -1.56. The molecule has 0 unspecified atom stereocenters. The first-order valence-electron chi connectivity index (χ1n) is 7.98. The molecule has 5 nitrogen and oxygen atoms in total. The lowest BCUT2D eigenvalue weighted by Crippen LogP contribution is -2.37. The van der Waals surface area contributed by atoms with Crippen LogP contribution in [0.25, 0.3) is 0 Å². The second-order valence-corrected chi connectivity index (χ2v) is 5.96. The number of rotatable bonds is 10. The van der Waals surface area contributed by atoms with Gasteiger partial charge in [0.15, 0.2) is 17.5 Å². The van der Waals surface area contributed by atoms with E-state index >= 15 is 0 Å². The van der Waals surface area contributed by atoms with Crippen molar-refractivity contribution in [3.8, 4) is 11.5 Å². The van der Waals surface area contributed by atoms with Crippen LogP contribution in [0.1, 0.15) is 25.3 Å². The molecule has 0 atom stereocenters. The van der Waals surface area contributed by atoms with E-state index in [0.717, 1.165) is 36.0 Å². The third-order valence-electron chi connectivity index (χ3n) is 3.28. The lowest BCUT2D eigenvalue weighted by molar-refractivity contribution is 0.310. The molecule has 0 saturated heterocycles. The minimum absolute atomic E-state index is 0.618. The van der Waals surface area contributed by atoms with Gasteiger partial charge < -0.3 is 20.1 Å². The maximum Gasteiger partial charge on any atom is 0.191 e. The second-order valence-electron chi connectivity index (χ2n) is 4.97. The summed E-state index contributed by atoms with van der Waals surface area (Å²) < 4.78 is 10.9. The predicted octanol–water partition coefficient (Wildman–Crippen LogP) is 2.90. The summed E-state index contributed by atoms with van der Waals surface area (Å²) in [6.45, 7) is 4.21. The van der Waals surface area contributed by atoms with Crippen LogP contribution in [0, 0.1) is 0 Å². The number of methoxy groups -OCH3 is 1. The number of unbranched alkanes of at least 4 members (excludes halogenated alkanes) is 1. The Bertz CT molecular complexity index is 481. The minimum atomic E-state index is 0.618. The molecule has 0 radical (unpaired) electrons. The van der Waals surface area contributed by atoms with Gasteiger partial charge in [-0.2, -0.15) is 11.8 Å². The molecule has 130 valence electrons. The lowest BCUT2D eigenvalue weighted by Gasteiger charge is -2.14. The predicted molar refractivity (Wildman–Crippen MR) is 100.0 cm³/mol. The maximum atomic E-state index is 5.60. The van der Waals surface area contributed by atoms with Crippen LogP contribution in [0.5, 0.6) is 11.5 Å². The Labute approximate surface area is 144 Å². The molecule has 0 aromatic heterocycles. The van der Waals surface area contributed by atoms with E-state index in [1.54, 1.807) is 14.2 Å². The van der Waals surface area contributed by atoms with Crippen LogP contribution in [0.2, 0.25) is 0 Å². The number of nitrogens with one attached hydrogen (secondary N) is 2. The quantitative estimate of drug-likeness (QED) is 0.390. The van der Waals surface area contributed by atoms with Crippen molar-refractivity contribution in [1.29, 1.82) is 0 Å². The van der Waals surface area contributed by atoms with E-state index in [0.29, 0.717) is 13.2 Å². The number of hydrogen-bond acceptors (Lipinski definition) is 4. The van der Waals surface area contributed by atoms with Crippen LogP contribution >= 0.6 is 11.8 Å². The van der Waals surface area contributed by atoms with Crippen LogP contribution in [0.4, 0.5) is 0 Å². The van der Waals surface area contributed by atoms with Crippen LogP contribution in [-0.4, -0.2) is 45.3 Å². The zero-order valence-corrected chi connectivity index (χ0v) is 15.5. The van der Waals surface area contributed by atoms with Crippen LogP contribution in [0.3, 0.4) is 0 Å². The first-order valence-corrected chi connectivity index (χ1v) is 9.37. The monoisotopic (exact) mass is 339 g/mol. The van der Waals surface area contributed by atoms with Crippen molar-refractivity contribution >= 4 is 17.7 Å². The molecule has 0 saturated carbocycles. The van der Waals surface area contributed by atoms with Gasteiger partial charge in [-0.1, -0.05) is 6.07 Å². The van der Waals surface area contributed by atoms with E-state index in [1.807, 2.05) is 36.9 Å². The smallest absolute Gasteiger partial charge is 0.191 e. The number of benzene rings is 1. The van der Waals surface area contributed by atoms with E-state index in [2.05, 4.69) is 21.9 Å². The van der Waals surface area contributed by atoms with E-state index < -0.39 is 0 Å². The van der Waals surface area contributed by atoms with Crippen LogP contribution in [0.15, 0.2) is 23.2 Å². The molecule has 0 aliphatic heterocycles. The normalized spacial score (nSPS) is 11.2. The first kappa shape index (κ1) is 19.5. The summed E-state index contributed by atoms with van der Waals surface area (Å²) in [5, 5.41) is 6.66. The summed E-state index contributed by atoms with van der Waals surface area (Å²) in [5.74, 6) is 3.56. The zero-order valence-electron chi connectivity index (χ0n) is 14.6. The van der Waals surface area contributed by atoms with Gasteiger partial charge in [-0.05, 0) is 49.5 Å². The molecular weight excluding hydrogens is 310 g/mol. The van der Waals surface area contributed by atoms with E-state index in [1.165, 1.54) is 12.2 Å². The third-order valence-corrected chi connectivity index (χ3v) is 3.98. The molecule has 0 aliphatic carbocycles. The highest BCUT2D eigenvalue weighted by Gasteiger charge is 2.06. The fourth-order valence-corrected chi connectivity index (χ4v) is 2.58. The van der Waals surface area contributed by atoms with E-state index in [-0.39, 0.29) is 0 Å². The van der Waals surface area contributed by atoms with Gasteiger partial charge in [0.2, 0.25) is 0 Å². The largest absolute Gasteiger partial charge is 0.493 e. The van der Waals surface area contributed by atoms with Gasteiger partial charge in [0.05, 0.1) is 13.7 Å². The van der Waals surface area contributed by atoms with Gasteiger partial charge in [-0.25, -0.2) is 0 Å². The fourth-order valence-electron chi connectivity index (χ4n) is 2.08. The topological polar surface area (TPSA) is 54.9 Å². The number of guanidine groups is 1. The Morgan fingerprint density at radius 2 is 2.04 bits per heavy atom. The highest BCUT2D eigenvalue weighted by molar-refractivity contribution is 7.98. The zero-order chi connectivity index (χ0) is 16.9. The molecular formula is C17H29N3O2S. The number of thioether (sulfide) groups is 1. The molecule has 1 aromatic carbocycles. The summed E-state index contributed by atoms with van der Waals surface area (Å²) in [7, 11) is 3.44. The summed E-state index contributed by atoms with van der Waals surface area (Å²) in [6, 6.07) is 5.96. The molecule has 23 heavy (non-hydrogen) atoms. The van der Waals surface area contributed by atoms with Crippen molar-refractivity contribution in [2.75, 3.05) is 39.3 Å².